The summed E-state index contributed by atoms with van der Waals surface area (Å²) in [6, 6.07) is 7.70. The molecule has 1 fully saturated rings. The third kappa shape index (κ3) is 2.71. The lowest BCUT2D eigenvalue weighted by Gasteiger charge is -2.15. The SMILES string of the molecule is Cc1nc(-c2c[nH]c3c(C#N)cccc23)cnc1O[C@@H]1CNC[C@H]1F. The van der Waals surface area contributed by atoms with Gasteiger partial charge in [0.1, 0.15) is 17.9 Å². The Balaban J connectivity index is 1.68. The maximum atomic E-state index is 13.7. The number of alkyl halides is 1. The van der Waals surface area contributed by atoms with Crippen molar-refractivity contribution in [3.63, 3.8) is 0 Å². The normalized spacial score (nSPS) is 19.9. The Labute approximate surface area is 143 Å². The summed E-state index contributed by atoms with van der Waals surface area (Å²) in [7, 11) is 0. The van der Waals surface area contributed by atoms with Crippen LogP contribution in [0.2, 0.25) is 0 Å². The van der Waals surface area contributed by atoms with Crippen LogP contribution in [0.1, 0.15) is 11.3 Å². The molecule has 1 aromatic carbocycles. The molecule has 4 rings (SSSR count). The van der Waals surface area contributed by atoms with Gasteiger partial charge in [0.2, 0.25) is 5.88 Å². The molecule has 1 aliphatic heterocycles. The Morgan fingerprint density at radius 3 is 2.96 bits per heavy atom. The number of hydrogen-bond acceptors (Lipinski definition) is 5. The van der Waals surface area contributed by atoms with Crippen molar-refractivity contribution in [2.24, 2.45) is 0 Å². The number of hydrogen-bond donors (Lipinski definition) is 2. The lowest BCUT2D eigenvalue weighted by Crippen LogP contribution is -2.27. The van der Waals surface area contributed by atoms with Crippen LogP contribution in [0.15, 0.2) is 30.6 Å². The van der Waals surface area contributed by atoms with E-state index in [-0.39, 0.29) is 0 Å². The van der Waals surface area contributed by atoms with Gasteiger partial charge in [-0.3, -0.25) is 0 Å². The van der Waals surface area contributed by atoms with Crippen LogP contribution >= 0.6 is 0 Å². The number of nitriles is 1. The van der Waals surface area contributed by atoms with Crippen molar-refractivity contribution in [3.05, 3.63) is 41.9 Å². The quantitative estimate of drug-likeness (QED) is 0.767. The van der Waals surface area contributed by atoms with Gasteiger partial charge in [0, 0.05) is 30.2 Å². The summed E-state index contributed by atoms with van der Waals surface area (Å²) in [5.74, 6) is 0.345. The van der Waals surface area contributed by atoms with Gasteiger partial charge in [-0.05, 0) is 13.0 Å². The molecule has 3 heterocycles. The Bertz CT molecular complexity index is 977. The van der Waals surface area contributed by atoms with Gasteiger partial charge in [0.15, 0.2) is 6.17 Å². The number of aryl methyl sites for hydroxylation is 1. The molecular weight excluding hydrogens is 321 g/mol. The molecule has 0 saturated carbocycles. The first kappa shape index (κ1) is 15.5. The van der Waals surface area contributed by atoms with Crippen molar-refractivity contribution in [1.82, 2.24) is 20.3 Å². The number of ether oxygens (including phenoxy) is 1. The van der Waals surface area contributed by atoms with Gasteiger partial charge in [-0.25, -0.2) is 14.4 Å². The van der Waals surface area contributed by atoms with Crippen LogP contribution in [0.5, 0.6) is 5.88 Å². The van der Waals surface area contributed by atoms with E-state index in [1.54, 1.807) is 19.2 Å². The van der Waals surface area contributed by atoms with Crippen LogP contribution in [0.3, 0.4) is 0 Å². The molecule has 2 aromatic heterocycles. The fraction of sp³-hybridized carbons (Fsp3) is 0.278. The first-order valence-electron chi connectivity index (χ1n) is 8.03. The van der Waals surface area contributed by atoms with Crippen molar-refractivity contribution in [3.8, 4) is 23.2 Å². The second-order valence-electron chi connectivity index (χ2n) is 6.02. The summed E-state index contributed by atoms with van der Waals surface area (Å²) in [6.45, 7) is 2.55. The first-order chi connectivity index (χ1) is 12.2. The smallest absolute Gasteiger partial charge is 0.235 e. The second kappa shape index (κ2) is 6.15. The average molecular weight is 337 g/mol. The molecule has 2 atom stereocenters. The summed E-state index contributed by atoms with van der Waals surface area (Å²) in [4.78, 5) is 12.0. The molecular formula is C18H16FN5O. The summed E-state index contributed by atoms with van der Waals surface area (Å²) < 4.78 is 19.3. The second-order valence-corrected chi connectivity index (χ2v) is 6.02. The molecule has 6 nitrogen and oxygen atoms in total. The highest BCUT2D eigenvalue weighted by Gasteiger charge is 2.29. The fourth-order valence-corrected chi connectivity index (χ4v) is 3.06. The Morgan fingerprint density at radius 2 is 2.24 bits per heavy atom. The van der Waals surface area contributed by atoms with E-state index in [2.05, 4.69) is 26.3 Å². The van der Waals surface area contributed by atoms with E-state index in [0.29, 0.717) is 35.9 Å². The summed E-state index contributed by atoms with van der Waals surface area (Å²) >= 11 is 0. The molecule has 2 N–H and O–H groups in total. The highest BCUT2D eigenvalue weighted by molar-refractivity contribution is 5.97. The Kier molecular flexibility index (Phi) is 3.82. The van der Waals surface area contributed by atoms with E-state index in [1.165, 1.54) is 0 Å². The molecule has 126 valence electrons. The zero-order chi connectivity index (χ0) is 17.4. The van der Waals surface area contributed by atoms with Gasteiger partial charge in [-0.2, -0.15) is 5.26 Å². The largest absolute Gasteiger partial charge is 0.469 e. The minimum Gasteiger partial charge on any atom is -0.469 e. The van der Waals surface area contributed by atoms with E-state index < -0.39 is 12.3 Å². The lowest BCUT2D eigenvalue weighted by molar-refractivity contribution is 0.133. The maximum Gasteiger partial charge on any atom is 0.235 e. The maximum absolute atomic E-state index is 13.7. The number of halogens is 1. The van der Waals surface area contributed by atoms with Crippen molar-refractivity contribution >= 4 is 10.9 Å². The molecule has 0 unspecified atom stereocenters. The molecule has 0 aliphatic carbocycles. The van der Waals surface area contributed by atoms with Gasteiger partial charge in [0.05, 0.1) is 23.0 Å². The number of benzene rings is 1. The van der Waals surface area contributed by atoms with E-state index in [1.807, 2.05) is 18.3 Å². The Hall–Kier alpha value is -2.98. The molecule has 7 heteroatoms. The number of aromatic nitrogens is 3. The van der Waals surface area contributed by atoms with Gasteiger partial charge in [-0.15, -0.1) is 0 Å². The average Bonchev–Trinajstić information content (AvgIpc) is 3.23. The van der Waals surface area contributed by atoms with Crippen molar-refractivity contribution in [1.29, 1.82) is 5.26 Å². The van der Waals surface area contributed by atoms with Crippen molar-refractivity contribution in [2.75, 3.05) is 13.1 Å². The number of H-pyrrole nitrogens is 1. The number of nitrogens with zero attached hydrogens (tertiary/aromatic N) is 3. The molecule has 0 spiro atoms. The Morgan fingerprint density at radius 1 is 1.36 bits per heavy atom. The van der Waals surface area contributed by atoms with Crippen LogP contribution in [0.25, 0.3) is 22.2 Å². The molecule has 25 heavy (non-hydrogen) atoms. The minimum absolute atomic E-state index is 0.297. The van der Waals surface area contributed by atoms with E-state index in [0.717, 1.165) is 16.5 Å². The molecule has 1 saturated heterocycles. The molecule has 1 aliphatic rings. The zero-order valence-electron chi connectivity index (χ0n) is 13.6. The highest BCUT2D eigenvalue weighted by Crippen LogP contribution is 2.30. The standard InChI is InChI=1S/C18H16FN5O/c1-10-18(25-16-9-21-7-14(16)19)23-8-15(24-10)13-6-22-17-11(5-20)3-2-4-12(13)17/h2-4,6,8,14,16,21-22H,7,9H2,1H3/t14-,16-/m1/s1. The number of aromatic amines is 1. The first-order valence-corrected chi connectivity index (χ1v) is 8.03. The predicted octanol–water partition coefficient (Wildman–Crippen LogP) is 2.49. The van der Waals surface area contributed by atoms with Gasteiger partial charge < -0.3 is 15.0 Å². The van der Waals surface area contributed by atoms with E-state index in [9.17, 15) is 9.65 Å². The molecule has 3 aromatic rings. The van der Waals surface area contributed by atoms with Crippen LogP contribution in [0, 0.1) is 18.3 Å². The molecule has 0 radical (unpaired) electrons. The summed E-state index contributed by atoms with van der Waals surface area (Å²) in [6.07, 6.45) is 1.84. The van der Waals surface area contributed by atoms with Gasteiger partial charge in [0.25, 0.3) is 0 Å². The van der Waals surface area contributed by atoms with Crippen LogP contribution in [-0.2, 0) is 0 Å². The highest BCUT2D eigenvalue weighted by atomic mass is 19.1. The van der Waals surface area contributed by atoms with Gasteiger partial charge >= 0.3 is 0 Å². The fourth-order valence-electron chi connectivity index (χ4n) is 3.06. The topological polar surface area (TPSA) is 86.6 Å². The number of rotatable bonds is 3. The number of nitrogens with one attached hydrogen (secondary N) is 2. The van der Waals surface area contributed by atoms with E-state index in [4.69, 9.17) is 4.74 Å². The molecule has 0 amide bonds. The third-order valence-electron chi connectivity index (χ3n) is 4.36. The van der Waals surface area contributed by atoms with Crippen LogP contribution in [0.4, 0.5) is 4.39 Å². The molecule has 0 bridgehead atoms. The van der Waals surface area contributed by atoms with Crippen molar-refractivity contribution in [2.45, 2.75) is 19.2 Å². The third-order valence-corrected chi connectivity index (χ3v) is 4.36. The number of fused-ring (bicyclic) bond motifs is 1. The number of para-hydroxylation sites is 1. The van der Waals surface area contributed by atoms with Crippen LogP contribution in [-0.4, -0.2) is 40.3 Å². The van der Waals surface area contributed by atoms with E-state index >= 15 is 0 Å². The summed E-state index contributed by atoms with van der Waals surface area (Å²) in [5, 5.41) is 13.1. The van der Waals surface area contributed by atoms with Crippen molar-refractivity contribution < 1.29 is 9.13 Å². The summed E-state index contributed by atoms with van der Waals surface area (Å²) in [5.41, 5.74) is 3.49. The minimum atomic E-state index is -1.04. The zero-order valence-corrected chi connectivity index (χ0v) is 13.6. The predicted molar refractivity (Wildman–Crippen MR) is 91.0 cm³/mol. The monoisotopic (exact) mass is 337 g/mol. The lowest BCUT2D eigenvalue weighted by atomic mass is 10.1. The van der Waals surface area contributed by atoms with Crippen LogP contribution < -0.4 is 10.1 Å². The van der Waals surface area contributed by atoms with Gasteiger partial charge in [-0.1, -0.05) is 12.1 Å².